The van der Waals surface area contributed by atoms with Crippen molar-refractivity contribution in [1.29, 1.82) is 0 Å². The molecule has 0 spiro atoms. The topological polar surface area (TPSA) is 61.4 Å². The van der Waals surface area contributed by atoms with Crippen LogP contribution in [0.4, 0.5) is 13.2 Å². The molecule has 1 aliphatic heterocycles. The second-order valence-electron chi connectivity index (χ2n) is 4.76. The van der Waals surface area contributed by atoms with Crippen molar-refractivity contribution >= 4 is 11.8 Å². The van der Waals surface area contributed by atoms with Crippen molar-refractivity contribution < 1.29 is 22.8 Å². The summed E-state index contributed by atoms with van der Waals surface area (Å²) in [6.07, 6.45) is -0.980. The van der Waals surface area contributed by atoms with Crippen LogP contribution >= 0.6 is 0 Å². The number of likely N-dealkylation sites (tertiary alicyclic amines) is 1. The van der Waals surface area contributed by atoms with Gasteiger partial charge in [-0.25, -0.2) is 0 Å². The smallest absolute Gasteiger partial charge is 0.346 e. The zero-order chi connectivity index (χ0) is 15.0. The Hall–Kier alpha value is -1.31. The Morgan fingerprint density at radius 3 is 2.35 bits per heavy atom. The first-order valence-electron chi connectivity index (χ1n) is 6.70. The summed E-state index contributed by atoms with van der Waals surface area (Å²) in [4.78, 5) is 24.6. The highest BCUT2D eigenvalue weighted by atomic mass is 19.4. The number of rotatable bonds is 6. The van der Waals surface area contributed by atoms with Crippen LogP contribution in [0.15, 0.2) is 0 Å². The third-order valence-electron chi connectivity index (χ3n) is 3.00. The minimum Gasteiger partial charge on any atom is -0.346 e. The molecule has 0 aromatic rings. The number of hydrogen-bond acceptors (Lipinski definition) is 3. The molecule has 0 aromatic carbocycles. The average Bonchev–Trinajstić information content (AvgIpc) is 2.41. The van der Waals surface area contributed by atoms with E-state index in [1.54, 1.807) is 10.2 Å². The molecule has 0 unspecified atom stereocenters. The summed E-state index contributed by atoms with van der Waals surface area (Å²) in [6, 6.07) is 0. The second kappa shape index (κ2) is 8.08. The van der Waals surface area contributed by atoms with Gasteiger partial charge in [-0.3, -0.25) is 9.59 Å². The molecule has 0 aromatic heterocycles. The van der Waals surface area contributed by atoms with Crippen LogP contribution in [0.3, 0.4) is 0 Å². The number of alkyl halides is 3. The number of nitrogens with zero attached hydrogens (tertiary/aromatic N) is 1. The van der Waals surface area contributed by atoms with E-state index in [4.69, 9.17) is 0 Å². The van der Waals surface area contributed by atoms with Gasteiger partial charge in [0.1, 0.15) is 6.54 Å². The molecule has 1 heterocycles. The minimum atomic E-state index is -4.40. The quantitative estimate of drug-likeness (QED) is 0.708. The summed E-state index contributed by atoms with van der Waals surface area (Å²) in [5, 5.41) is 4.42. The standard InChI is InChI=1S/C12H20F3N3O2/c13-12(14,15)9-17-10(19)8-16-5-4-11(20)18-6-2-1-3-7-18/h16H,1-9H2,(H,17,19). The largest absolute Gasteiger partial charge is 0.405 e. The summed E-state index contributed by atoms with van der Waals surface area (Å²) < 4.78 is 35.5. The summed E-state index contributed by atoms with van der Waals surface area (Å²) >= 11 is 0. The van der Waals surface area contributed by atoms with E-state index in [1.807, 2.05) is 0 Å². The third-order valence-corrected chi connectivity index (χ3v) is 3.00. The van der Waals surface area contributed by atoms with Gasteiger partial charge in [0.2, 0.25) is 11.8 Å². The van der Waals surface area contributed by atoms with Crippen molar-refractivity contribution in [2.24, 2.45) is 0 Å². The highest BCUT2D eigenvalue weighted by molar-refractivity contribution is 5.78. The molecule has 1 aliphatic rings. The summed E-state index contributed by atoms with van der Waals surface area (Å²) in [7, 11) is 0. The molecular formula is C12H20F3N3O2. The zero-order valence-corrected chi connectivity index (χ0v) is 11.3. The van der Waals surface area contributed by atoms with Crippen molar-refractivity contribution in [2.45, 2.75) is 31.9 Å². The first-order chi connectivity index (χ1) is 9.38. The Bertz CT molecular complexity index is 328. The van der Waals surface area contributed by atoms with Crippen molar-refractivity contribution in [1.82, 2.24) is 15.5 Å². The minimum absolute atomic E-state index is 0.0212. The first-order valence-corrected chi connectivity index (χ1v) is 6.70. The fraction of sp³-hybridized carbons (Fsp3) is 0.833. The Morgan fingerprint density at radius 1 is 1.10 bits per heavy atom. The van der Waals surface area contributed by atoms with Gasteiger partial charge in [0.05, 0.1) is 6.54 Å². The fourth-order valence-electron chi connectivity index (χ4n) is 1.96. The highest BCUT2D eigenvalue weighted by Gasteiger charge is 2.27. The second-order valence-corrected chi connectivity index (χ2v) is 4.76. The third kappa shape index (κ3) is 7.32. The van der Waals surface area contributed by atoms with E-state index in [9.17, 15) is 22.8 Å². The number of halogens is 3. The van der Waals surface area contributed by atoms with Gasteiger partial charge in [-0.15, -0.1) is 0 Å². The molecule has 116 valence electrons. The van der Waals surface area contributed by atoms with E-state index in [0.717, 1.165) is 32.4 Å². The summed E-state index contributed by atoms with van der Waals surface area (Å²) in [5.41, 5.74) is 0. The number of piperidine rings is 1. The Balaban J connectivity index is 2.06. The van der Waals surface area contributed by atoms with Gasteiger partial charge >= 0.3 is 6.18 Å². The van der Waals surface area contributed by atoms with Gasteiger partial charge in [-0.1, -0.05) is 0 Å². The Kier molecular flexibility index (Phi) is 6.77. The van der Waals surface area contributed by atoms with Crippen molar-refractivity contribution in [3.63, 3.8) is 0 Å². The molecule has 0 bridgehead atoms. The molecule has 20 heavy (non-hydrogen) atoms. The maximum Gasteiger partial charge on any atom is 0.405 e. The van der Waals surface area contributed by atoms with E-state index in [1.165, 1.54) is 0 Å². The lowest BCUT2D eigenvalue weighted by atomic mass is 10.1. The number of carbonyl (C=O) groups is 2. The molecule has 2 N–H and O–H groups in total. The van der Waals surface area contributed by atoms with Crippen molar-refractivity contribution in [3.05, 3.63) is 0 Å². The molecule has 0 saturated carbocycles. The number of hydrogen-bond donors (Lipinski definition) is 2. The molecule has 0 radical (unpaired) electrons. The molecule has 5 nitrogen and oxygen atoms in total. The predicted molar refractivity (Wildman–Crippen MR) is 67.0 cm³/mol. The molecule has 0 atom stereocenters. The van der Waals surface area contributed by atoms with Crippen LogP contribution in [0.25, 0.3) is 0 Å². The lowest BCUT2D eigenvalue weighted by Gasteiger charge is -2.26. The molecule has 8 heteroatoms. The van der Waals surface area contributed by atoms with Crippen LogP contribution in [-0.2, 0) is 9.59 Å². The van der Waals surface area contributed by atoms with Gasteiger partial charge in [0, 0.05) is 26.1 Å². The van der Waals surface area contributed by atoms with Gasteiger partial charge in [-0.05, 0) is 19.3 Å². The van der Waals surface area contributed by atoms with Crippen LogP contribution in [0, 0.1) is 0 Å². The van der Waals surface area contributed by atoms with Crippen LogP contribution in [0.5, 0.6) is 0 Å². The number of nitrogens with one attached hydrogen (secondary N) is 2. The lowest BCUT2D eigenvalue weighted by molar-refractivity contribution is -0.137. The fourth-order valence-corrected chi connectivity index (χ4v) is 1.96. The van der Waals surface area contributed by atoms with Gasteiger partial charge in [-0.2, -0.15) is 13.2 Å². The van der Waals surface area contributed by atoms with Gasteiger partial charge in [0.15, 0.2) is 0 Å². The number of carbonyl (C=O) groups excluding carboxylic acids is 2. The zero-order valence-electron chi connectivity index (χ0n) is 11.3. The van der Waals surface area contributed by atoms with Crippen molar-refractivity contribution in [2.75, 3.05) is 32.7 Å². The van der Waals surface area contributed by atoms with Crippen LogP contribution in [0.1, 0.15) is 25.7 Å². The SMILES string of the molecule is O=C(CNCCC(=O)N1CCCCC1)NCC(F)(F)F. The normalized spacial score (nSPS) is 16.1. The molecule has 0 aliphatic carbocycles. The maximum absolute atomic E-state index is 11.8. The molecule has 1 rings (SSSR count). The van der Waals surface area contributed by atoms with Crippen LogP contribution < -0.4 is 10.6 Å². The molecule has 1 saturated heterocycles. The number of amides is 2. The van der Waals surface area contributed by atoms with E-state index in [2.05, 4.69) is 5.32 Å². The molecule has 2 amide bonds. The van der Waals surface area contributed by atoms with E-state index >= 15 is 0 Å². The highest BCUT2D eigenvalue weighted by Crippen LogP contribution is 2.12. The van der Waals surface area contributed by atoms with E-state index in [0.29, 0.717) is 0 Å². The summed E-state index contributed by atoms with van der Waals surface area (Å²) in [5.74, 6) is -0.708. The lowest BCUT2D eigenvalue weighted by Crippen LogP contribution is -2.41. The predicted octanol–water partition coefficient (Wildman–Crippen LogP) is 0.657. The first kappa shape index (κ1) is 16.7. The molecule has 1 fully saturated rings. The van der Waals surface area contributed by atoms with Gasteiger partial charge < -0.3 is 15.5 Å². The average molecular weight is 295 g/mol. The molecular weight excluding hydrogens is 275 g/mol. The maximum atomic E-state index is 11.8. The summed E-state index contributed by atoms with van der Waals surface area (Å²) in [6.45, 7) is 0.272. The van der Waals surface area contributed by atoms with Crippen LogP contribution in [0.2, 0.25) is 0 Å². The van der Waals surface area contributed by atoms with Gasteiger partial charge in [0.25, 0.3) is 0 Å². The Morgan fingerprint density at radius 2 is 1.75 bits per heavy atom. The monoisotopic (exact) mass is 295 g/mol. The Labute approximate surface area is 115 Å². The van der Waals surface area contributed by atoms with E-state index in [-0.39, 0.29) is 25.4 Å². The van der Waals surface area contributed by atoms with E-state index < -0.39 is 18.6 Å². The van der Waals surface area contributed by atoms with Crippen LogP contribution in [-0.4, -0.2) is 55.6 Å². The van der Waals surface area contributed by atoms with Crippen molar-refractivity contribution in [3.8, 4) is 0 Å².